The van der Waals surface area contributed by atoms with E-state index in [0.29, 0.717) is 42.4 Å². The Kier molecular flexibility index (Phi) is 5.71. The lowest BCUT2D eigenvalue weighted by atomic mass is 9.72. The Morgan fingerprint density at radius 1 is 1.24 bits per heavy atom. The largest absolute Gasteiger partial charge is 0.504 e. The molecule has 2 aromatic rings. The normalized spacial score (nSPS) is 26.9. The third-order valence-electron chi connectivity index (χ3n) is 8.28. The predicted octanol–water partition coefficient (Wildman–Crippen LogP) is 2.73. The maximum atomic E-state index is 11.3. The van der Waals surface area contributed by atoms with Crippen LogP contribution < -0.4 is 24.3 Å². The van der Waals surface area contributed by atoms with Gasteiger partial charge in [-0.15, -0.1) is 0 Å². The summed E-state index contributed by atoms with van der Waals surface area (Å²) in [4.78, 5) is 2.11. The van der Waals surface area contributed by atoms with Crippen molar-refractivity contribution in [1.82, 2.24) is 10.2 Å². The molecule has 0 amide bonds. The number of nitrogens with zero attached hydrogens (tertiary/aromatic N) is 2. The first-order chi connectivity index (χ1) is 17.9. The molecule has 4 aliphatic heterocycles. The third kappa shape index (κ3) is 3.26. The molecule has 0 radical (unpaired) electrons. The second-order valence-corrected chi connectivity index (χ2v) is 10.1. The van der Waals surface area contributed by atoms with Crippen molar-refractivity contribution in [2.45, 2.75) is 56.9 Å². The van der Waals surface area contributed by atoms with Crippen LogP contribution in [0.25, 0.3) is 0 Å². The van der Waals surface area contributed by atoms with E-state index < -0.39 is 12.1 Å². The number of benzene rings is 2. The number of hydrogen-bond donors (Lipinski definition) is 3. The van der Waals surface area contributed by atoms with Gasteiger partial charge in [0, 0.05) is 34.3 Å². The number of aromatic hydroxyl groups is 1. The second kappa shape index (κ2) is 8.84. The average molecular weight is 506 g/mol. The molecule has 4 aliphatic rings. The predicted molar refractivity (Wildman–Crippen MR) is 134 cm³/mol. The Bertz CT molecular complexity index is 1330. The number of fused-ring (bicyclic) bond motifs is 9. The molecule has 1 fully saturated rings. The summed E-state index contributed by atoms with van der Waals surface area (Å²) in [6, 6.07) is 2.86. The minimum Gasteiger partial charge on any atom is -0.504 e. The van der Waals surface area contributed by atoms with Crippen LogP contribution in [0.4, 0.5) is 0 Å². The fraction of sp³-hybridized carbons (Fsp3) is 0.464. The van der Waals surface area contributed by atoms with E-state index in [0.717, 1.165) is 33.4 Å². The zero-order chi connectivity index (χ0) is 26.0. The van der Waals surface area contributed by atoms with Crippen molar-refractivity contribution in [2.24, 2.45) is 0 Å². The van der Waals surface area contributed by atoms with Gasteiger partial charge in [-0.2, -0.15) is 5.26 Å². The molecule has 0 saturated carbocycles. The molecule has 4 heterocycles. The van der Waals surface area contributed by atoms with Crippen LogP contribution in [0, 0.1) is 25.2 Å². The summed E-state index contributed by atoms with van der Waals surface area (Å²) < 4.78 is 23.5. The van der Waals surface area contributed by atoms with Gasteiger partial charge in [-0.3, -0.25) is 4.90 Å². The summed E-state index contributed by atoms with van der Waals surface area (Å²) >= 11 is 0. The van der Waals surface area contributed by atoms with E-state index in [1.807, 2.05) is 13.8 Å². The topological polar surface area (TPSA) is 116 Å². The molecule has 9 heteroatoms. The van der Waals surface area contributed by atoms with E-state index in [2.05, 4.69) is 28.9 Å². The molecular formula is C28H31N3O6. The van der Waals surface area contributed by atoms with Gasteiger partial charge in [0.15, 0.2) is 23.0 Å². The van der Waals surface area contributed by atoms with Crippen molar-refractivity contribution < 1.29 is 29.2 Å². The second-order valence-electron chi connectivity index (χ2n) is 10.1. The molecule has 6 rings (SSSR count). The summed E-state index contributed by atoms with van der Waals surface area (Å²) in [5.41, 5.74) is 5.22. The highest BCUT2D eigenvalue weighted by Crippen LogP contribution is 2.56. The molecular weight excluding hydrogens is 474 g/mol. The van der Waals surface area contributed by atoms with Crippen molar-refractivity contribution in [2.75, 3.05) is 27.1 Å². The SMILES string of the molecule is C=CCOc1c(C)c2c(c3c1CC1[C@H]4N[C@H](Cc5cc(C)c(OC)c(O)c54)[C@H](C#N)N1[C@H]3CO)OCO2. The Morgan fingerprint density at radius 3 is 2.73 bits per heavy atom. The molecule has 0 spiro atoms. The third-order valence-corrected chi connectivity index (χ3v) is 8.28. The van der Waals surface area contributed by atoms with Gasteiger partial charge < -0.3 is 34.5 Å². The molecule has 194 valence electrons. The van der Waals surface area contributed by atoms with E-state index >= 15 is 0 Å². The molecule has 2 bridgehead atoms. The Morgan fingerprint density at radius 2 is 2.03 bits per heavy atom. The standard InChI is InChI=1S/C28H31N3O6/c1-5-6-35-26-14(3)27-28(37-12-36-27)22-16(26)9-18-23-21-15(7-13(2)25(34-4)24(21)33)8-17(30-23)19(10-29)31(18)20(22)11-32/h5,7,17-20,23,30,32-33H,1,6,8-9,11-12H2,2-4H3/t17-,18?,19+,20+,23-/m1/s1. The Labute approximate surface area is 215 Å². The van der Waals surface area contributed by atoms with Gasteiger partial charge in [0.1, 0.15) is 18.4 Å². The highest BCUT2D eigenvalue weighted by atomic mass is 16.7. The highest BCUT2D eigenvalue weighted by Gasteiger charge is 2.54. The molecule has 3 N–H and O–H groups in total. The summed E-state index contributed by atoms with van der Waals surface area (Å²) in [5.74, 6) is 2.49. The van der Waals surface area contributed by atoms with Crippen molar-refractivity contribution in [3.63, 3.8) is 0 Å². The van der Waals surface area contributed by atoms with Crippen LogP contribution in [0.5, 0.6) is 28.7 Å². The van der Waals surface area contributed by atoms with Crippen LogP contribution in [0.2, 0.25) is 0 Å². The number of piperazine rings is 1. The molecule has 9 nitrogen and oxygen atoms in total. The number of rotatable bonds is 5. The van der Waals surface area contributed by atoms with E-state index in [4.69, 9.17) is 18.9 Å². The first-order valence-electron chi connectivity index (χ1n) is 12.6. The number of phenolic OH excluding ortho intramolecular Hbond substituents is 1. The lowest BCUT2D eigenvalue weighted by Crippen LogP contribution is -2.68. The number of nitriles is 1. The van der Waals surface area contributed by atoms with Crippen LogP contribution in [-0.2, 0) is 12.8 Å². The Hall–Kier alpha value is -3.45. The first kappa shape index (κ1) is 23.9. The minimum atomic E-state index is -0.510. The van der Waals surface area contributed by atoms with E-state index in [-0.39, 0.29) is 37.3 Å². The van der Waals surface area contributed by atoms with E-state index in [9.17, 15) is 15.5 Å². The minimum absolute atomic E-state index is 0.0873. The van der Waals surface area contributed by atoms with E-state index in [1.165, 1.54) is 0 Å². The number of methoxy groups -OCH3 is 1. The van der Waals surface area contributed by atoms with E-state index in [1.54, 1.807) is 13.2 Å². The monoisotopic (exact) mass is 505 g/mol. The smallest absolute Gasteiger partial charge is 0.231 e. The molecule has 37 heavy (non-hydrogen) atoms. The summed E-state index contributed by atoms with van der Waals surface area (Å²) in [7, 11) is 1.56. The molecule has 0 aliphatic carbocycles. The van der Waals surface area contributed by atoms with Crippen molar-refractivity contribution in [1.29, 1.82) is 5.26 Å². The van der Waals surface area contributed by atoms with Gasteiger partial charge in [0.25, 0.3) is 0 Å². The van der Waals surface area contributed by atoms with Crippen molar-refractivity contribution >= 4 is 0 Å². The zero-order valence-electron chi connectivity index (χ0n) is 21.2. The molecule has 2 aromatic carbocycles. The van der Waals surface area contributed by atoms with Gasteiger partial charge in [0.05, 0.1) is 31.9 Å². The van der Waals surface area contributed by atoms with Gasteiger partial charge in [0.2, 0.25) is 6.79 Å². The summed E-state index contributed by atoms with van der Waals surface area (Å²) in [5, 5.41) is 36.2. The van der Waals surface area contributed by atoms with Crippen LogP contribution >= 0.6 is 0 Å². The van der Waals surface area contributed by atoms with Gasteiger partial charge in [-0.05, 0) is 37.8 Å². The molecule has 0 aromatic heterocycles. The van der Waals surface area contributed by atoms with Gasteiger partial charge >= 0.3 is 0 Å². The maximum Gasteiger partial charge on any atom is 0.231 e. The van der Waals surface area contributed by atoms with Crippen molar-refractivity contribution in [3.8, 4) is 34.8 Å². The van der Waals surface area contributed by atoms with Crippen molar-refractivity contribution in [3.05, 3.63) is 52.1 Å². The number of aryl methyl sites for hydroxylation is 1. The fourth-order valence-electron chi connectivity index (χ4n) is 6.93. The molecule has 1 saturated heterocycles. The lowest BCUT2D eigenvalue weighted by molar-refractivity contribution is -0.0205. The van der Waals surface area contributed by atoms with Gasteiger partial charge in [-0.1, -0.05) is 18.7 Å². The lowest BCUT2D eigenvalue weighted by Gasteiger charge is -2.56. The summed E-state index contributed by atoms with van der Waals surface area (Å²) in [6.07, 6.45) is 2.79. The van der Waals surface area contributed by atoms with Crippen LogP contribution in [0.1, 0.15) is 45.5 Å². The quantitative estimate of drug-likeness (QED) is 0.528. The number of aliphatic hydroxyl groups excluding tert-OH is 1. The van der Waals surface area contributed by atoms with Crippen LogP contribution in [-0.4, -0.2) is 60.4 Å². The number of ether oxygens (including phenoxy) is 4. The molecule has 1 unspecified atom stereocenters. The molecule has 5 atom stereocenters. The Balaban J connectivity index is 1.58. The number of hydrogen-bond acceptors (Lipinski definition) is 9. The summed E-state index contributed by atoms with van der Waals surface area (Å²) in [6.45, 7) is 7.84. The zero-order valence-corrected chi connectivity index (χ0v) is 21.2. The number of nitrogens with one attached hydrogen (secondary N) is 1. The highest BCUT2D eigenvalue weighted by molar-refractivity contribution is 5.66. The van der Waals surface area contributed by atoms with Crippen LogP contribution in [0.15, 0.2) is 18.7 Å². The number of aliphatic hydroxyl groups is 1. The first-order valence-corrected chi connectivity index (χ1v) is 12.6. The van der Waals surface area contributed by atoms with Gasteiger partial charge in [-0.25, -0.2) is 0 Å². The average Bonchev–Trinajstić information content (AvgIpc) is 3.38. The maximum absolute atomic E-state index is 11.3. The fourth-order valence-corrected chi connectivity index (χ4v) is 6.93. The number of phenols is 1. The van der Waals surface area contributed by atoms with Crippen LogP contribution in [0.3, 0.4) is 0 Å².